The highest BCUT2D eigenvalue weighted by molar-refractivity contribution is 7.90. The van der Waals surface area contributed by atoms with Crippen LogP contribution in [0.15, 0.2) is 35.4 Å². The maximum Gasteiger partial charge on any atom is 0.256 e. The van der Waals surface area contributed by atoms with Gasteiger partial charge in [-0.3, -0.25) is 9.89 Å². The minimum Gasteiger partial charge on any atom is -0.399 e. The maximum atomic E-state index is 11.9. The van der Waals surface area contributed by atoms with Crippen molar-refractivity contribution in [2.24, 2.45) is 0 Å². The fraction of sp³-hybridized carbons (Fsp3) is 0.0909. The van der Waals surface area contributed by atoms with Crippen LogP contribution in [-0.4, -0.2) is 30.8 Å². The van der Waals surface area contributed by atoms with Crippen LogP contribution in [0.5, 0.6) is 0 Å². The zero-order valence-electron chi connectivity index (χ0n) is 10.0. The van der Waals surface area contributed by atoms with Gasteiger partial charge in [-0.15, -0.1) is 0 Å². The molecule has 0 radical (unpaired) electrons. The molecule has 2 aromatic rings. The number of nitrogens with zero attached hydrogens (tertiary/aromatic N) is 1. The third-order valence-electron chi connectivity index (χ3n) is 2.37. The lowest BCUT2D eigenvalue weighted by Gasteiger charge is -2.06. The molecule has 8 heteroatoms. The van der Waals surface area contributed by atoms with Crippen LogP contribution in [0.3, 0.4) is 0 Å². The van der Waals surface area contributed by atoms with Crippen LogP contribution in [0.1, 0.15) is 10.4 Å². The summed E-state index contributed by atoms with van der Waals surface area (Å²) in [5.41, 5.74) is 5.97. The highest BCUT2D eigenvalue weighted by Gasteiger charge is 2.14. The number of carbonyl (C=O) groups excluding carboxylic acids is 1. The van der Waals surface area contributed by atoms with Crippen molar-refractivity contribution in [1.29, 1.82) is 0 Å². The first-order valence-electron chi connectivity index (χ1n) is 5.27. The van der Waals surface area contributed by atoms with E-state index in [9.17, 15) is 13.2 Å². The monoisotopic (exact) mass is 280 g/mol. The van der Waals surface area contributed by atoms with Gasteiger partial charge in [0.05, 0.1) is 11.1 Å². The summed E-state index contributed by atoms with van der Waals surface area (Å²) >= 11 is 0. The number of H-pyrrole nitrogens is 1. The van der Waals surface area contributed by atoms with Crippen molar-refractivity contribution >= 4 is 27.2 Å². The number of sulfone groups is 1. The van der Waals surface area contributed by atoms with Crippen molar-refractivity contribution in [2.45, 2.75) is 4.90 Å². The summed E-state index contributed by atoms with van der Waals surface area (Å²) in [6, 6.07) is 5.56. The number of nitrogen functional groups attached to an aromatic ring is 1. The molecule has 0 unspecified atom stereocenters. The standard InChI is InChI=1S/C11H12N4O3S/c1-19(17,18)9-5-7(4-8(12)6-9)11(16)14-10-2-3-13-15-10/h2-6H,12H2,1H3,(H2,13,14,15,16). The first kappa shape index (κ1) is 13.1. The van der Waals surface area contributed by atoms with E-state index in [1.807, 2.05) is 0 Å². The van der Waals surface area contributed by atoms with Gasteiger partial charge in [-0.2, -0.15) is 5.10 Å². The van der Waals surface area contributed by atoms with Gasteiger partial charge in [0.25, 0.3) is 5.91 Å². The van der Waals surface area contributed by atoms with Crippen molar-refractivity contribution in [2.75, 3.05) is 17.3 Å². The number of nitrogens with one attached hydrogen (secondary N) is 2. The molecule has 1 amide bonds. The van der Waals surface area contributed by atoms with Crippen LogP contribution in [0.2, 0.25) is 0 Å². The zero-order valence-corrected chi connectivity index (χ0v) is 10.9. The average molecular weight is 280 g/mol. The molecule has 4 N–H and O–H groups in total. The number of benzene rings is 1. The highest BCUT2D eigenvalue weighted by Crippen LogP contribution is 2.17. The predicted octanol–water partition coefficient (Wildman–Crippen LogP) is 0.648. The van der Waals surface area contributed by atoms with E-state index in [2.05, 4.69) is 15.5 Å². The second-order valence-electron chi connectivity index (χ2n) is 3.99. The summed E-state index contributed by atoms with van der Waals surface area (Å²) < 4.78 is 22.9. The van der Waals surface area contributed by atoms with Gasteiger partial charge in [0, 0.05) is 23.6 Å². The van der Waals surface area contributed by atoms with Crippen LogP contribution < -0.4 is 11.1 Å². The Kier molecular flexibility index (Phi) is 3.26. The first-order valence-corrected chi connectivity index (χ1v) is 7.17. The number of aromatic nitrogens is 2. The Morgan fingerprint density at radius 3 is 2.68 bits per heavy atom. The Hall–Kier alpha value is -2.35. The van der Waals surface area contributed by atoms with Crippen molar-refractivity contribution in [3.05, 3.63) is 36.0 Å². The largest absolute Gasteiger partial charge is 0.399 e. The zero-order chi connectivity index (χ0) is 14.0. The summed E-state index contributed by atoms with van der Waals surface area (Å²) in [6.45, 7) is 0. The van der Waals surface area contributed by atoms with Crippen molar-refractivity contribution in [3.63, 3.8) is 0 Å². The van der Waals surface area contributed by atoms with E-state index >= 15 is 0 Å². The van der Waals surface area contributed by atoms with Crippen molar-refractivity contribution in [3.8, 4) is 0 Å². The molecule has 1 heterocycles. The minimum absolute atomic E-state index is 0.00209. The van der Waals surface area contributed by atoms with Gasteiger partial charge in [0.1, 0.15) is 5.82 Å². The van der Waals surface area contributed by atoms with Crippen LogP contribution in [0.4, 0.5) is 11.5 Å². The molecular weight excluding hydrogens is 268 g/mol. The van der Waals surface area contributed by atoms with Gasteiger partial charge in [-0.25, -0.2) is 8.42 Å². The van der Waals surface area contributed by atoms with Gasteiger partial charge in [0.15, 0.2) is 9.84 Å². The molecule has 100 valence electrons. The molecule has 0 saturated carbocycles. The molecule has 1 aromatic carbocycles. The lowest BCUT2D eigenvalue weighted by molar-refractivity contribution is 0.102. The first-order chi connectivity index (χ1) is 8.86. The van der Waals surface area contributed by atoms with Crippen LogP contribution in [-0.2, 0) is 9.84 Å². The fourth-order valence-corrected chi connectivity index (χ4v) is 2.18. The fourth-order valence-electron chi connectivity index (χ4n) is 1.49. The second kappa shape index (κ2) is 4.73. The van der Waals surface area contributed by atoms with Gasteiger partial charge < -0.3 is 11.1 Å². The number of carbonyl (C=O) groups is 1. The number of anilines is 2. The molecule has 0 atom stereocenters. The Balaban J connectivity index is 2.35. The number of nitrogens with two attached hydrogens (primary N) is 1. The summed E-state index contributed by atoms with van der Waals surface area (Å²) in [6.07, 6.45) is 2.54. The molecule has 0 spiro atoms. The number of amides is 1. The van der Waals surface area contributed by atoms with Crippen LogP contribution in [0.25, 0.3) is 0 Å². The number of hydrogen-bond acceptors (Lipinski definition) is 5. The summed E-state index contributed by atoms with van der Waals surface area (Å²) in [4.78, 5) is 11.9. The molecule has 19 heavy (non-hydrogen) atoms. The van der Waals surface area contributed by atoms with Gasteiger partial charge in [-0.1, -0.05) is 0 Å². The Labute approximate surface area is 109 Å². The Bertz CT molecular complexity index is 708. The molecule has 0 aliphatic carbocycles. The second-order valence-corrected chi connectivity index (χ2v) is 6.00. The lowest BCUT2D eigenvalue weighted by Crippen LogP contribution is -2.13. The highest BCUT2D eigenvalue weighted by atomic mass is 32.2. The molecule has 7 nitrogen and oxygen atoms in total. The molecule has 1 aromatic heterocycles. The topological polar surface area (TPSA) is 118 Å². The molecule has 0 aliphatic rings. The summed E-state index contributed by atoms with van der Waals surface area (Å²) in [5, 5.41) is 8.79. The number of rotatable bonds is 3. The third-order valence-corrected chi connectivity index (χ3v) is 3.46. The van der Waals surface area contributed by atoms with Crippen LogP contribution >= 0.6 is 0 Å². The summed E-state index contributed by atoms with van der Waals surface area (Å²) in [7, 11) is -3.42. The van der Waals surface area contributed by atoms with Gasteiger partial charge in [0.2, 0.25) is 0 Å². The molecule has 2 rings (SSSR count). The molecule has 0 bridgehead atoms. The molecule has 0 saturated heterocycles. The van der Waals surface area contributed by atoms with E-state index in [-0.39, 0.29) is 16.1 Å². The smallest absolute Gasteiger partial charge is 0.256 e. The van der Waals surface area contributed by atoms with Crippen molar-refractivity contribution in [1.82, 2.24) is 10.2 Å². The predicted molar refractivity (Wildman–Crippen MR) is 70.5 cm³/mol. The number of hydrogen-bond donors (Lipinski definition) is 3. The van der Waals surface area contributed by atoms with E-state index in [1.54, 1.807) is 6.07 Å². The molecule has 0 fully saturated rings. The van der Waals surface area contributed by atoms with Crippen molar-refractivity contribution < 1.29 is 13.2 Å². The van der Waals surface area contributed by atoms with E-state index < -0.39 is 15.7 Å². The summed E-state index contributed by atoms with van der Waals surface area (Å²) in [5.74, 6) is -0.0604. The minimum atomic E-state index is -3.42. The van der Waals surface area contributed by atoms with Gasteiger partial charge >= 0.3 is 0 Å². The number of aromatic amines is 1. The maximum absolute atomic E-state index is 11.9. The Morgan fingerprint density at radius 1 is 1.37 bits per heavy atom. The van der Waals surface area contributed by atoms with Gasteiger partial charge in [-0.05, 0) is 18.2 Å². The lowest BCUT2D eigenvalue weighted by atomic mass is 10.2. The van der Waals surface area contributed by atoms with E-state index in [1.165, 1.54) is 24.4 Å². The third kappa shape index (κ3) is 3.10. The van der Waals surface area contributed by atoms with Crippen LogP contribution in [0, 0.1) is 0 Å². The van der Waals surface area contributed by atoms with E-state index in [0.29, 0.717) is 5.82 Å². The molecular formula is C11H12N4O3S. The SMILES string of the molecule is CS(=O)(=O)c1cc(N)cc(C(=O)Nc2ccn[nH]2)c1. The average Bonchev–Trinajstić information content (AvgIpc) is 2.79. The Morgan fingerprint density at radius 2 is 2.11 bits per heavy atom. The van der Waals surface area contributed by atoms with E-state index in [0.717, 1.165) is 6.26 Å². The molecule has 0 aliphatic heterocycles. The normalized spacial score (nSPS) is 11.2. The quantitative estimate of drug-likeness (QED) is 0.713. The van der Waals surface area contributed by atoms with E-state index in [4.69, 9.17) is 5.73 Å².